The van der Waals surface area contributed by atoms with E-state index in [1.54, 1.807) is 0 Å². The number of rotatable bonds is 4. The lowest BCUT2D eigenvalue weighted by Gasteiger charge is -2.28. The second-order valence-electron chi connectivity index (χ2n) is 5.17. The Kier molecular flexibility index (Phi) is 7.90. The summed E-state index contributed by atoms with van der Waals surface area (Å²) in [6.07, 6.45) is 6.37. The van der Waals surface area contributed by atoms with E-state index in [1.807, 2.05) is 13.8 Å². The minimum Gasteiger partial charge on any atom is -0.311 e. The van der Waals surface area contributed by atoms with E-state index in [4.69, 9.17) is 0 Å². The van der Waals surface area contributed by atoms with Gasteiger partial charge in [-0.05, 0) is 57.5 Å². The van der Waals surface area contributed by atoms with Crippen molar-refractivity contribution < 1.29 is 0 Å². The van der Waals surface area contributed by atoms with Crippen molar-refractivity contribution in [3.05, 3.63) is 83.6 Å². The number of anilines is 2. The van der Waals surface area contributed by atoms with Crippen molar-refractivity contribution >= 4 is 11.4 Å². The first-order valence-corrected chi connectivity index (χ1v) is 8.38. The highest BCUT2D eigenvalue weighted by atomic mass is 15.1. The van der Waals surface area contributed by atoms with Gasteiger partial charge in [0.1, 0.15) is 0 Å². The van der Waals surface area contributed by atoms with E-state index >= 15 is 0 Å². The van der Waals surface area contributed by atoms with Crippen molar-refractivity contribution in [2.75, 3.05) is 4.90 Å². The Morgan fingerprint density at radius 3 is 2.09 bits per heavy atom. The number of hydrogen-bond donors (Lipinski definition) is 0. The van der Waals surface area contributed by atoms with Crippen LogP contribution in [0.3, 0.4) is 0 Å². The highest BCUT2D eigenvalue weighted by Gasteiger charge is 2.14. The molecule has 2 rings (SSSR count). The number of benzene rings is 2. The number of aryl methyl sites for hydroxylation is 2. The Morgan fingerprint density at radius 2 is 1.57 bits per heavy atom. The molecular weight excluding hydrogens is 278 g/mol. The third kappa shape index (κ3) is 4.85. The molecule has 1 nitrogen and oxygen atoms in total. The maximum atomic E-state index is 2.30. The van der Waals surface area contributed by atoms with Crippen LogP contribution >= 0.6 is 0 Å². The molecule has 0 amide bonds. The minimum absolute atomic E-state index is 1.18. The monoisotopic (exact) mass is 307 g/mol. The zero-order valence-corrected chi connectivity index (χ0v) is 15.3. The summed E-state index contributed by atoms with van der Waals surface area (Å²) in [5.74, 6) is 0. The van der Waals surface area contributed by atoms with E-state index in [0.29, 0.717) is 0 Å². The summed E-state index contributed by atoms with van der Waals surface area (Å²) < 4.78 is 0. The van der Waals surface area contributed by atoms with Crippen molar-refractivity contribution in [1.29, 1.82) is 0 Å². The number of nitrogens with zero attached hydrogens (tertiary/aromatic N) is 1. The van der Waals surface area contributed by atoms with Gasteiger partial charge in [0.25, 0.3) is 0 Å². The zero-order chi connectivity index (χ0) is 17.2. The molecule has 0 radical (unpaired) electrons. The molecule has 23 heavy (non-hydrogen) atoms. The Morgan fingerprint density at radius 1 is 0.913 bits per heavy atom. The molecule has 0 heterocycles. The quantitative estimate of drug-likeness (QED) is 0.552. The van der Waals surface area contributed by atoms with Crippen molar-refractivity contribution in [2.24, 2.45) is 0 Å². The van der Waals surface area contributed by atoms with E-state index in [0.717, 1.165) is 0 Å². The fourth-order valence-corrected chi connectivity index (χ4v) is 2.53. The second-order valence-corrected chi connectivity index (χ2v) is 5.17. The van der Waals surface area contributed by atoms with Gasteiger partial charge in [0.2, 0.25) is 0 Å². The van der Waals surface area contributed by atoms with Crippen LogP contribution in [-0.4, -0.2) is 0 Å². The van der Waals surface area contributed by atoms with Gasteiger partial charge in [0.05, 0.1) is 0 Å². The maximum absolute atomic E-state index is 2.30. The summed E-state index contributed by atoms with van der Waals surface area (Å²) in [6, 6.07) is 17.1. The van der Waals surface area contributed by atoms with E-state index in [1.165, 1.54) is 28.2 Å². The first-order chi connectivity index (χ1) is 11.2. The summed E-state index contributed by atoms with van der Waals surface area (Å²) in [5.41, 5.74) is 6.14. The van der Waals surface area contributed by atoms with Gasteiger partial charge in [-0.3, -0.25) is 0 Å². The van der Waals surface area contributed by atoms with Crippen LogP contribution in [0, 0.1) is 13.8 Å². The van der Waals surface area contributed by atoms with Crippen molar-refractivity contribution in [3.63, 3.8) is 0 Å². The predicted molar refractivity (Wildman–Crippen MR) is 104 cm³/mol. The van der Waals surface area contributed by atoms with Crippen LogP contribution < -0.4 is 4.90 Å². The molecule has 2 aromatic rings. The third-order valence-corrected chi connectivity index (χ3v) is 3.50. The standard InChI is InChI=1S/C20H23N.C2H6/c1-5-10-18(6-2)21(19-11-8-7-9-12-19)20-14-13-16(3)15-17(20)4;1-2/h5-15H,1-4H3;1-2H3/b10-5-,18-6+;. The molecule has 0 spiro atoms. The second kappa shape index (κ2) is 9.68. The number of para-hydroxylation sites is 1. The largest absolute Gasteiger partial charge is 0.311 e. The van der Waals surface area contributed by atoms with Crippen LogP contribution in [0.25, 0.3) is 0 Å². The molecule has 2 aromatic carbocycles. The Labute approximate surface area is 142 Å². The molecule has 0 bridgehead atoms. The highest BCUT2D eigenvalue weighted by Crippen LogP contribution is 2.33. The van der Waals surface area contributed by atoms with Crippen LogP contribution in [0.1, 0.15) is 38.8 Å². The normalized spacial score (nSPS) is 11.1. The van der Waals surface area contributed by atoms with Gasteiger partial charge >= 0.3 is 0 Å². The molecule has 122 valence electrons. The Bertz CT molecular complexity index is 651. The Balaban J connectivity index is 0.00000127. The average molecular weight is 307 g/mol. The van der Waals surface area contributed by atoms with E-state index < -0.39 is 0 Å². The molecular formula is C22H29N. The average Bonchev–Trinajstić information content (AvgIpc) is 2.59. The first-order valence-electron chi connectivity index (χ1n) is 8.38. The van der Waals surface area contributed by atoms with Gasteiger partial charge < -0.3 is 4.90 Å². The lowest BCUT2D eigenvalue weighted by atomic mass is 10.1. The number of hydrogen-bond acceptors (Lipinski definition) is 1. The summed E-state index contributed by atoms with van der Waals surface area (Å²) >= 11 is 0. The fourth-order valence-electron chi connectivity index (χ4n) is 2.53. The SMILES string of the molecule is C/C=C\C(=C/C)N(c1ccccc1)c1ccc(C)cc1C.CC. The molecule has 0 N–H and O–H groups in total. The van der Waals surface area contributed by atoms with Crippen LogP contribution in [0.5, 0.6) is 0 Å². The lowest BCUT2D eigenvalue weighted by molar-refractivity contribution is 1.17. The Hall–Kier alpha value is -2.28. The lowest BCUT2D eigenvalue weighted by Crippen LogP contribution is -2.16. The molecule has 0 saturated carbocycles. The predicted octanol–water partition coefficient (Wildman–Crippen LogP) is 6.95. The molecule has 0 atom stereocenters. The molecule has 0 fully saturated rings. The number of allylic oxidation sites excluding steroid dienone is 3. The summed E-state index contributed by atoms with van der Waals surface area (Å²) in [7, 11) is 0. The van der Waals surface area contributed by atoms with E-state index in [2.05, 4.69) is 99.4 Å². The molecule has 0 aliphatic carbocycles. The van der Waals surface area contributed by atoms with Crippen molar-refractivity contribution in [2.45, 2.75) is 41.5 Å². The molecule has 0 aliphatic rings. The van der Waals surface area contributed by atoms with Gasteiger partial charge in [-0.1, -0.05) is 61.9 Å². The van der Waals surface area contributed by atoms with E-state index in [-0.39, 0.29) is 0 Å². The summed E-state index contributed by atoms with van der Waals surface area (Å²) in [6.45, 7) is 12.4. The summed E-state index contributed by atoms with van der Waals surface area (Å²) in [5, 5.41) is 0. The van der Waals surface area contributed by atoms with Gasteiger partial charge in [0, 0.05) is 17.1 Å². The molecule has 0 aromatic heterocycles. The minimum atomic E-state index is 1.18. The van der Waals surface area contributed by atoms with Crippen LogP contribution in [0.2, 0.25) is 0 Å². The van der Waals surface area contributed by atoms with Crippen LogP contribution in [-0.2, 0) is 0 Å². The molecule has 0 unspecified atom stereocenters. The fraction of sp³-hybridized carbons (Fsp3) is 0.273. The molecule has 0 saturated heterocycles. The smallest absolute Gasteiger partial charge is 0.0490 e. The van der Waals surface area contributed by atoms with Gasteiger partial charge in [0.15, 0.2) is 0 Å². The molecule has 1 heteroatoms. The zero-order valence-electron chi connectivity index (χ0n) is 15.3. The van der Waals surface area contributed by atoms with E-state index in [9.17, 15) is 0 Å². The topological polar surface area (TPSA) is 3.24 Å². The van der Waals surface area contributed by atoms with Crippen LogP contribution in [0.15, 0.2) is 72.5 Å². The van der Waals surface area contributed by atoms with Crippen molar-refractivity contribution in [1.82, 2.24) is 0 Å². The first kappa shape index (κ1) is 18.8. The maximum Gasteiger partial charge on any atom is 0.0490 e. The van der Waals surface area contributed by atoms with Crippen LogP contribution in [0.4, 0.5) is 11.4 Å². The van der Waals surface area contributed by atoms with Gasteiger partial charge in [-0.15, -0.1) is 0 Å². The third-order valence-electron chi connectivity index (χ3n) is 3.50. The van der Waals surface area contributed by atoms with Crippen molar-refractivity contribution in [3.8, 4) is 0 Å². The van der Waals surface area contributed by atoms with Gasteiger partial charge in [-0.2, -0.15) is 0 Å². The molecule has 0 aliphatic heterocycles. The summed E-state index contributed by atoms with van der Waals surface area (Å²) in [4.78, 5) is 2.30. The highest BCUT2D eigenvalue weighted by molar-refractivity contribution is 5.72. The van der Waals surface area contributed by atoms with Gasteiger partial charge in [-0.25, -0.2) is 0 Å².